The molecule has 0 aliphatic carbocycles. The van der Waals surface area contributed by atoms with E-state index in [2.05, 4.69) is 15.9 Å². The van der Waals surface area contributed by atoms with Crippen molar-refractivity contribution < 1.29 is 18.7 Å². The normalized spacial score (nSPS) is 16.1. The third-order valence-electron chi connectivity index (χ3n) is 3.48. The lowest BCUT2D eigenvalue weighted by atomic mass is 9.96. The molecule has 1 heterocycles. The number of halogens is 2. The summed E-state index contributed by atoms with van der Waals surface area (Å²) in [7, 11) is 1.37. The standard InChI is InChI=1S/C14H15BrFNO3/c1-20-14(19)9-4-6-17(7-5-9)13(18)10-2-3-11(15)12(16)8-10/h2-3,8-9H,4-7H2,1H3. The third-order valence-corrected chi connectivity index (χ3v) is 4.13. The molecule has 0 bridgehead atoms. The zero-order valence-corrected chi connectivity index (χ0v) is 12.7. The number of likely N-dealkylation sites (tertiary alicyclic amines) is 1. The van der Waals surface area contributed by atoms with Crippen LogP contribution in [0.1, 0.15) is 23.2 Å². The third kappa shape index (κ3) is 3.17. The lowest BCUT2D eigenvalue weighted by Gasteiger charge is -2.30. The second kappa shape index (κ2) is 6.35. The van der Waals surface area contributed by atoms with E-state index in [0.29, 0.717) is 36.0 Å². The first-order valence-electron chi connectivity index (χ1n) is 6.35. The number of benzene rings is 1. The molecule has 0 saturated carbocycles. The van der Waals surface area contributed by atoms with Gasteiger partial charge in [0.25, 0.3) is 5.91 Å². The molecule has 4 nitrogen and oxygen atoms in total. The monoisotopic (exact) mass is 343 g/mol. The highest BCUT2D eigenvalue weighted by Crippen LogP contribution is 2.22. The molecule has 2 rings (SSSR count). The fraction of sp³-hybridized carbons (Fsp3) is 0.429. The van der Waals surface area contributed by atoms with Gasteiger partial charge >= 0.3 is 5.97 Å². The number of carbonyl (C=O) groups excluding carboxylic acids is 2. The smallest absolute Gasteiger partial charge is 0.308 e. The van der Waals surface area contributed by atoms with Gasteiger partial charge in [-0.3, -0.25) is 9.59 Å². The van der Waals surface area contributed by atoms with Gasteiger partial charge in [-0.1, -0.05) is 0 Å². The van der Waals surface area contributed by atoms with E-state index in [-0.39, 0.29) is 17.8 Å². The SMILES string of the molecule is COC(=O)C1CCN(C(=O)c2ccc(Br)c(F)c2)CC1. The molecule has 0 unspecified atom stereocenters. The van der Waals surface area contributed by atoms with Crippen LogP contribution in [0, 0.1) is 11.7 Å². The molecule has 1 aromatic carbocycles. The summed E-state index contributed by atoms with van der Waals surface area (Å²) in [5.74, 6) is -1.04. The van der Waals surface area contributed by atoms with E-state index in [1.165, 1.54) is 19.2 Å². The molecule has 1 aliphatic rings. The number of nitrogens with zero attached hydrogens (tertiary/aromatic N) is 1. The molecule has 0 N–H and O–H groups in total. The number of rotatable bonds is 2. The van der Waals surface area contributed by atoms with E-state index in [9.17, 15) is 14.0 Å². The highest BCUT2D eigenvalue weighted by atomic mass is 79.9. The molecule has 20 heavy (non-hydrogen) atoms. The zero-order valence-electron chi connectivity index (χ0n) is 11.1. The van der Waals surface area contributed by atoms with Crippen molar-refractivity contribution in [3.05, 3.63) is 34.1 Å². The van der Waals surface area contributed by atoms with Crippen molar-refractivity contribution in [2.24, 2.45) is 5.92 Å². The molecule has 108 valence electrons. The topological polar surface area (TPSA) is 46.6 Å². The van der Waals surface area contributed by atoms with Crippen molar-refractivity contribution >= 4 is 27.8 Å². The number of esters is 1. The van der Waals surface area contributed by atoms with Gasteiger partial charge in [-0.2, -0.15) is 0 Å². The van der Waals surface area contributed by atoms with Gasteiger partial charge in [0.15, 0.2) is 0 Å². The number of amides is 1. The van der Waals surface area contributed by atoms with Crippen LogP contribution in [0.3, 0.4) is 0 Å². The summed E-state index contributed by atoms with van der Waals surface area (Å²) in [4.78, 5) is 25.3. The number of ether oxygens (including phenoxy) is 1. The lowest BCUT2D eigenvalue weighted by Crippen LogP contribution is -2.40. The Labute approximate surface area is 125 Å². The average Bonchev–Trinajstić information content (AvgIpc) is 2.48. The minimum Gasteiger partial charge on any atom is -0.469 e. The zero-order chi connectivity index (χ0) is 14.7. The molecule has 0 spiro atoms. The van der Waals surface area contributed by atoms with Crippen LogP contribution in [-0.4, -0.2) is 37.0 Å². The van der Waals surface area contributed by atoms with E-state index in [1.54, 1.807) is 11.0 Å². The Morgan fingerprint density at radius 3 is 2.55 bits per heavy atom. The highest BCUT2D eigenvalue weighted by molar-refractivity contribution is 9.10. The average molecular weight is 344 g/mol. The van der Waals surface area contributed by atoms with Gasteiger partial charge in [-0.15, -0.1) is 0 Å². The maximum Gasteiger partial charge on any atom is 0.308 e. The number of carbonyl (C=O) groups is 2. The molecule has 1 aromatic rings. The maximum absolute atomic E-state index is 13.4. The molecule has 1 aliphatic heterocycles. The summed E-state index contributed by atoms with van der Waals surface area (Å²) in [5, 5.41) is 0. The second-order valence-corrected chi connectivity index (χ2v) is 5.57. The van der Waals surface area contributed by atoms with Crippen LogP contribution in [0.15, 0.2) is 22.7 Å². The van der Waals surface area contributed by atoms with Crippen molar-refractivity contribution in [2.75, 3.05) is 20.2 Å². The van der Waals surface area contributed by atoms with E-state index in [0.717, 1.165) is 0 Å². The van der Waals surface area contributed by atoms with Gasteiger partial charge < -0.3 is 9.64 Å². The van der Waals surface area contributed by atoms with Gasteiger partial charge in [-0.05, 0) is 47.0 Å². The molecule has 0 aromatic heterocycles. The van der Waals surface area contributed by atoms with E-state index < -0.39 is 5.82 Å². The molecule has 1 fully saturated rings. The summed E-state index contributed by atoms with van der Waals surface area (Å²) >= 11 is 3.05. The van der Waals surface area contributed by atoms with Crippen molar-refractivity contribution in [2.45, 2.75) is 12.8 Å². The Balaban J connectivity index is 2.01. The second-order valence-electron chi connectivity index (χ2n) is 4.72. The number of hydrogen-bond acceptors (Lipinski definition) is 3. The van der Waals surface area contributed by atoms with Crippen LogP contribution < -0.4 is 0 Å². The quantitative estimate of drug-likeness (QED) is 0.775. The van der Waals surface area contributed by atoms with E-state index in [1.807, 2.05) is 0 Å². The first kappa shape index (κ1) is 15.0. The summed E-state index contributed by atoms with van der Waals surface area (Å²) < 4.78 is 18.5. The Morgan fingerprint density at radius 1 is 1.35 bits per heavy atom. The van der Waals surface area contributed by atoms with Crippen LogP contribution in [0.25, 0.3) is 0 Å². The summed E-state index contributed by atoms with van der Waals surface area (Å²) in [5.41, 5.74) is 0.321. The molecule has 6 heteroatoms. The Morgan fingerprint density at radius 2 is 2.00 bits per heavy atom. The van der Waals surface area contributed by atoms with Gasteiger partial charge in [0.1, 0.15) is 5.82 Å². The van der Waals surface area contributed by atoms with Gasteiger partial charge in [0.2, 0.25) is 0 Å². The summed E-state index contributed by atoms with van der Waals surface area (Å²) in [6.07, 6.45) is 1.16. The first-order chi connectivity index (χ1) is 9.52. The van der Waals surface area contributed by atoms with E-state index >= 15 is 0 Å². The van der Waals surface area contributed by atoms with Crippen LogP contribution in [0.2, 0.25) is 0 Å². The van der Waals surface area contributed by atoms with Gasteiger partial charge in [0, 0.05) is 18.7 Å². The highest BCUT2D eigenvalue weighted by Gasteiger charge is 2.28. The van der Waals surface area contributed by atoms with Crippen molar-refractivity contribution in [3.63, 3.8) is 0 Å². The number of piperidine rings is 1. The minimum atomic E-state index is -0.458. The number of hydrogen-bond donors (Lipinski definition) is 0. The fourth-order valence-electron chi connectivity index (χ4n) is 2.30. The predicted molar refractivity (Wildman–Crippen MR) is 74.7 cm³/mol. The molecule has 0 atom stereocenters. The first-order valence-corrected chi connectivity index (χ1v) is 7.14. The molecular formula is C14H15BrFNO3. The Hall–Kier alpha value is -1.43. The van der Waals surface area contributed by atoms with Crippen LogP contribution >= 0.6 is 15.9 Å². The fourth-order valence-corrected chi connectivity index (χ4v) is 2.54. The van der Waals surface area contributed by atoms with Gasteiger partial charge in [-0.25, -0.2) is 4.39 Å². The van der Waals surface area contributed by atoms with Crippen molar-refractivity contribution in [1.82, 2.24) is 4.90 Å². The van der Waals surface area contributed by atoms with Crippen LogP contribution in [-0.2, 0) is 9.53 Å². The Kier molecular flexibility index (Phi) is 4.75. The lowest BCUT2D eigenvalue weighted by molar-refractivity contribution is -0.146. The maximum atomic E-state index is 13.4. The molecule has 1 saturated heterocycles. The Bertz CT molecular complexity index is 527. The van der Waals surface area contributed by atoms with Gasteiger partial charge in [0.05, 0.1) is 17.5 Å². The summed E-state index contributed by atoms with van der Waals surface area (Å²) in [6.45, 7) is 0.965. The molecule has 0 radical (unpaired) electrons. The largest absolute Gasteiger partial charge is 0.469 e. The molecular weight excluding hydrogens is 329 g/mol. The van der Waals surface area contributed by atoms with E-state index in [4.69, 9.17) is 4.74 Å². The van der Waals surface area contributed by atoms with Crippen LogP contribution in [0.5, 0.6) is 0 Å². The van der Waals surface area contributed by atoms with Crippen molar-refractivity contribution in [3.8, 4) is 0 Å². The predicted octanol–water partition coefficient (Wildman–Crippen LogP) is 2.61. The minimum absolute atomic E-state index is 0.147. The number of methoxy groups -OCH3 is 1. The van der Waals surface area contributed by atoms with Crippen molar-refractivity contribution in [1.29, 1.82) is 0 Å². The summed E-state index contributed by atoms with van der Waals surface area (Å²) in [6, 6.07) is 4.32. The van der Waals surface area contributed by atoms with Crippen LogP contribution in [0.4, 0.5) is 4.39 Å². The molecule has 1 amide bonds.